The molecule has 0 unspecified atom stereocenters. The second kappa shape index (κ2) is 7.05. The number of alkyl halides is 3. The summed E-state index contributed by atoms with van der Waals surface area (Å²) >= 11 is 0. The van der Waals surface area contributed by atoms with Crippen LogP contribution in [0, 0.1) is 0 Å². The average molecular weight is 387 g/mol. The number of rotatable bonds is 5. The molecule has 0 saturated heterocycles. The maximum Gasteiger partial charge on any atom is 0.416 e. The highest BCUT2D eigenvalue weighted by Crippen LogP contribution is 2.31. The van der Waals surface area contributed by atoms with Crippen LogP contribution in [0.15, 0.2) is 53.3 Å². The van der Waals surface area contributed by atoms with Crippen LogP contribution in [0.4, 0.5) is 13.2 Å². The van der Waals surface area contributed by atoms with E-state index in [0.717, 1.165) is 30.5 Å². The minimum atomic E-state index is -4.33. The second-order valence-electron chi connectivity index (χ2n) is 7.24. The molecule has 1 aromatic heterocycles. The standard InChI is InChI=1S/C21H20F3N3O/c1-26-19(25-18-5-3-2-4-17(18)20(26)28)13-27(16-10-11-16)12-14-6-8-15(9-7-14)21(22,23)24/h2-9,16H,10-13H2,1H3. The van der Waals surface area contributed by atoms with Crippen LogP contribution in [0.25, 0.3) is 10.9 Å². The number of hydrogen-bond donors (Lipinski definition) is 0. The molecule has 146 valence electrons. The molecule has 0 spiro atoms. The summed E-state index contributed by atoms with van der Waals surface area (Å²) in [6, 6.07) is 12.9. The predicted octanol–water partition coefficient (Wildman–Crippen LogP) is 4.12. The van der Waals surface area contributed by atoms with Crippen LogP contribution < -0.4 is 5.56 Å². The lowest BCUT2D eigenvalue weighted by atomic mass is 10.1. The van der Waals surface area contributed by atoms with Gasteiger partial charge < -0.3 is 0 Å². The number of benzene rings is 2. The molecule has 28 heavy (non-hydrogen) atoms. The van der Waals surface area contributed by atoms with Crippen LogP contribution in [0.1, 0.15) is 29.8 Å². The Labute approximate surface area is 160 Å². The Morgan fingerprint density at radius 2 is 1.75 bits per heavy atom. The Hall–Kier alpha value is -2.67. The van der Waals surface area contributed by atoms with E-state index < -0.39 is 11.7 Å². The zero-order chi connectivity index (χ0) is 19.9. The van der Waals surface area contributed by atoms with Crippen LogP contribution in [-0.2, 0) is 26.3 Å². The first-order valence-electron chi connectivity index (χ1n) is 9.18. The molecule has 4 rings (SSSR count). The molecule has 4 nitrogen and oxygen atoms in total. The summed E-state index contributed by atoms with van der Waals surface area (Å²) in [7, 11) is 1.71. The molecule has 1 saturated carbocycles. The minimum absolute atomic E-state index is 0.0918. The number of para-hydroxylation sites is 1. The van der Waals surface area contributed by atoms with Gasteiger partial charge in [-0.3, -0.25) is 14.3 Å². The van der Waals surface area contributed by atoms with Gasteiger partial charge >= 0.3 is 6.18 Å². The van der Waals surface area contributed by atoms with E-state index in [1.165, 1.54) is 12.1 Å². The van der Waals surface area contributed by atoms with Gasteiger partial charge in [0, 0.05) is 19.6 Å². The van der Waals surface area contributed by atoms with Gasteiger partial charge in [-0.15, -0.1) is 0 Å². The second-order valence-corrected chi connectivity index (χ2v) is 7.24. The van der Waals surface area contributed by atoms with Gasteiger partial charge in [0.05, 0.1) is 23.0 Å². The molecule has 0 N–H and O–H groups in total. The van der Waals surface area contributed by atoms with Crippen molar-refractivity contribution >= 4 is 10.9 Å². The molecular weight excluding hydrogens is 367 g/mol. The van der Waals surface area contributed by atoms with Crippen molar-refractivity contribution in [3.63, 3.8) is 0 Å². The zero-order valence-electron chi connectivity index (χ0n) is 15.4. The molecule has 0 radical (unpaired) electrons. The Morgan fingerprint density at radius 1 is 1.07 bits per heavy atom. The fraction of sp³-hybridized carbons (Fsp3) is 0.333. The van der Waals surface area contributed by atoms with Crippen molar-refractivity contribution in [3.05, 3.63) is 75.8 Å². The van der Waals surface area contributed by atoms with Gasteiger partial charge in [-0.05, 0) is 42.7 Å². The van der Waals surface area contributed by atoms with E-state index in [2.05, 4.69) is 9.88 Å². The SMILES string of the molecule is Cn1c(CN(Cc2ccc(C(F)(F)F)cc2)C2CC2)nc2ccccc2c1=O. The van der Waals surface area contributed by atoms with Gasteiger partial charge in [0.2, 0.25) is 0 Å². The van der Waals surface area contributed by atoms with Gasteiger partial charge in [-0.1, -0.05) is 24.3 Å². The number of halogens is 3. The first-order chi connectivity index (χ1) is 13.3. The van der Waals surface area contributed by atoms with Crippen LogP contribution in [0.3, 0.4) is 0 Å². The number of fused-ring (bicyclic) bond motifs is 1. The maximum atomic E-state index is 12.8. The molecule has 0 bridgehead atoms. The molecule has 0 atom stereocenters. The summed E-state index contributed by atoms with van der Waals surface area (Å²) in [5, 5.41) is 0.578. The third-order valence-corrected chi connectivity index (χ3v) is 5.15. The Morgan fingerprint density at radius 3 is 2.39 bits per heavy atom. The lowest BCUT2D eigenvalue weighted by molar-refractivity contribution is -0.137. The third-order valence-electron chi connectivity index (χ3n) is 5.15. The van der Waals surface area contributed by atoms with E-state index in [1.807, 2.05) is 18.2 Å². The highest BCUT2D eigenvalue weighted by atomic mass is 19.4. The summed E-state index contributed by atoms with van der Waals surface area (Å²) in [4.78, 5) is 19.4. The van der Waals surface area contributed by atoms with E-state index in [-0.39, 0.29) is 5.56 Å². The summed E-state index contributed by atoms with van der Waals surface area (Å²) in [5.41, 5.74) is 0.732. The van der Waals surface area contributed by atoms with Crippen molar-refractivity contribution in [3.8, 4) is 0 Å². The number of aromatic nitrogens is 2. The fourth-order valence-electron chi connectivity index (χ4n) is 3.37. The molecule has 1 aliphatic rings. The summed E-state index contributed by atoms with van der Waals surface area (Å²) in [6.07, 6.45) is -2.24. The molecule has 0 aliphatic heterocycles. The largest absolute Gasteiger partial charge is 0.416 e. The number of hydrogen-bond acceptors (Lipinski definition) is 3. The van der Waals surface area contributed by atoms with E-state index in [4.69, 9.17) is 0 Å². The molecular formula is C21H20F3N3O. The topological polar surface area (TPSA) is 38.1 Å². The molecule has 7 heteroatoms. The summed E-state index contributed by atoms with van der Waals surface area (Å²) < 4.78 is 39.9. The molecule has 1 fully saturated rings. The van der Waals surface area contributed by atoms with Crippen molar-refractivity contribution in [2.75, 3.05) is 0 Å². The van der Waals surface area contributed by atoms with Crippen molar-refractivity contribution in [1.29, 1.82) is 0 Å². The lowest BCUT2D eigenvalue weighted by Crippen LogP contribution is -2.30. The van der Waals surface area contributed by atoms with Crippen LogP contribution in [-0.4, -0.2) is 20.5 Å². The van der Waals surface area contributed by atoms with E-state index >= 15 is 0 Å². The van der Waals surface area contributed by atoms with Crippen molar-refractivity contribution in [2.24, 2.45) is 7.05 Å². The van der Waals surface area contributed by atoms with Crippen molar-refractivity contribution in [2.45, 2.75) is 38.1 Å². The van der Waals surface area contributed by atoms with Crippen molar-refractivity contribution in [1.82, 2.24) is 14.5 Å². The van der Waals surface area contributed by atoms with Crippen molar-refractivity contribution < 1.29 is 13.2 Å². The average Bonchev–Trinajstić information content (AvgIpc) is 3.50. The Bertz CT molecular complexity index is 1050. The Kier molecular flexibility index (Phi) is 4.71. The third kappa shape index (κ3) is 3.80. The molecule has 1 heterocycles. The minimum Gasteiger partial charge on any atom is -0.298 e. The predicted molar refractivity (Wildman–Crippen MR) is 101 cm³/mol. The summed E-state index contributed by atoms with van der Waals surface area (Å²) in [6.45, 7) is 0.994. The highest BCUT2D eigenvalue weighted by Gasteiger charge is 2.32. The van der Waals surface area contributed by atoms with Gasteiger partial charge in [0.15, 0.2) is 0 Å². The zero-order valence-corrected chi connectivity index (χ0v) is 15.4. The molecule has 2 aromatic carbocycles. The van der Waals surface area contributed by atoms with E-state index in [0.29, 0.717) is 35.9 Å². The monoisotopic (exact) mass is 387 g/mol. The van der Waals surface area contributed by atoms with Crippen LogP contribution >= 0.6 is 0 Å². The molecule has 3 aromatic rings. The first-order valence-corrected chi connectivity index (χ1v) is 9.18. The van der Waals surface area contributed by atoms with Gasteiger partial charge in [0.25, 0.3) is 5.56 Å². The lowest BCUT2D eigenvalue weighted by Gasteiger charge is -2.23. The van der Waals surface area contributed by atoms with Crippen LogP contribution in [0.2, 0.25) is 0 Å². The number of nitrogens with zero attached hydrogens (tertiary/aromatic N) is 3. The van der Waals surface area contributed by atoms with E-state index in [1.54, 1.807) is 17.7 Å². The van der Waals surface area contributed by atoms with E-state index in [9.17, 15) is 18.0 Å². The first kappa shape index (κ1) is 18.7. The normalized spacial score (nSPS) is 14.8. The summed E-state index contributed by atoms with van der Waals surface area (Å²) in [5.74, 6) is 0.655. The quantitative estimate of drug-likeness (QED) is 0.661. The van der Waals surface area contributed by atoms with Gasteiger partial charge in [0.1, 0.15) is 5.82 Å². The Balaban J connectivity index is 1.59. The van der Waals surface area contributed by atoms with Gasteiger partial charge in [-0.2, -0.15) is 13.2 Å². The fourth-order valence-corrected chi connectivity index (χ4v) is 3.37. The van der Waals surface area contributed by atoms with Crippen LogP contribution in [0.5, 0.6) is 0 Å². The maximum absolute atomic E-state index is 12.8. The highest BCUT2D eigenvalue weighted by molar-refractivity contribution is 5.77. The smallest absolute Gasteiger partial charge is 0.298 e. The molecule has 1 aliphatic carbocycles. The molecule has 0 amide bonds. The van der Waals surface area contributed by atoms with Gasteiger partial charge in [-0.25, -0.2) is 4.98 Å².